The molecule has 3 saturated heterocycles. The third kappa shape index (κ3) is 2.73. The van der Waals surface area contributed by atoms with Gasteiger partial charge in [-0.3, -0.25) is 14.7 Å². The number of likely N-dealkylation sites (tertiary alicyclic amines) is 1. The Bertz CT molecular complexity index is 949. The maximum atomic E-state index is 13.0. The summed E-state index contributed by atoms with van der Waals surface area (Å²) in [6.45, 7) is 1.87. The lowest BCUT2D eigenvalue weighted by molar-refractivity contribution is 0.00311. The highest BCUT2D eigenvalue weighted by Gasteiger charge is 2.63. The third-order valence-corrected chi connectivity index (χ3v) is 7.25. The van der Waals surface area contributed by atoms with Crippen molar-refractivity contribution < 1.29 is 14.3 Å². The second kappa shape index (κ2) is 6.19. The minimum absolute atomic E-state index is 0.0156. The SMILES string of the molecule is O=C(NC[C@H]1[C@H]2CN(C(=O)c3cc(C4CC4)[nH]n3)C[C@]23CC[C@H]1O3)c1ccc[nH]1. The summed E-state index contributed by atoms with van der Waals surface area (Å²) in [4.78, 5) is 30.2. The molecule has 0 unspecified atom stereocenters. The van der Waals surface area contributed by atoms with Gasteiger partial charge >= 0.3 is 0 Å². The largest absolute Gasteiger partial charge is 0.369 e. The van der Waals surface area contributed by atoms with Crippen LogP contribution in [0.2, 0.25) is 0 Å². The van der Waals surface area contributed by atoms with Gasteiger partial charge in [0.15, 0.2) is 0 Å². The number of nitrogens with zero attached hydrogens (tertiary/aromatic N) is 2. The molecule has 4 aliphatic rings. The van der Waals surface area contributed by atoms with Gasteiger partial charge in [-0.1, -0.05) is 0 Å². The number of rotatable bonds is 5. The van der Waals surface area contributed by atoms with Crippen LogP contribution in [0.25, 0.3) is 0 Å². The van der Waals surface area contributed by atoms with Crippen molar-refractivity contribution in [1.29, 1.82) is 0 Å². The molecule has 8 heteroatoms. The van der Waals surface area contributed by atoms with Gasteiger partial charge in [-0.05, 0) is 43.9 Å². The molecular formula is C21H25N5O3. The first-order valence-corrected chi connectivity index (χ1v) is 10.6. The minimum Gasteiger partial charge on any atom is -0.369 e. The summed E-state index contributed by atoms with van der Waals surface area (Å²) >= 11 is 0. The van der Waals surface area contributed by atoms with Gasteiger partial charge in [0, 0.05) is 42.7 Å². The zero-order valence-electron chi connectivity index (χ0n) is 16.2. The Labute approximate surface area is 168 Å². The van der Waals surface area contributed by atoms with Gasteiger partial charge in [0.1, 0.15) is 11.4 Å². The first kappa shape index (κ1) is 17.3. The molecule has 0 radical (unpaired) electrons. The van der Waals surface area contributed by atoms with Crippen LogP contribution in [0.1, 0.15) is 58.3 Å². The van der Waals surface area contributed by atoms with Gasteiger partial charge in [-0.2, -0.15) is 5.10 Å². The summed E-state index contributed by atoms with van der Waals surface area (Å²) in [6.07, 6.45) is 6.25. The van der Waals surface area contributed by atoms with Gasteiger partial charge in [-0.15, -0.1) is 0 Å². The van der Waals surface area contributed by atoms with Crippen LogP contribution in [0.5, 0.6) is 0 Å². The van der Waals surface area contributed by atoms with E-state index in [1.807, 2.05) is 17.0 Å². The van der Waals surface area contributed by atoms with E-state index in [0.29, 0.717) is 36.9 Å². The molecule has 8 nitrogen and oxygen atoms in total. The van der Waals surface area contributed by atoms with Gasteiger partial charge in [0.2, 0.25) is 0 Å². The molecule has 4 atom stereocenters. The Morgan fingerprint density at radius 1 is 1.34 bits per heavy atom. The summed E-state index contributed by atoms with van der Waals surface area (Å²) in [6, 6.07) is 5.50. The molecule has 2 aromatic heterocycles. The summed E-state index contributed by atoms with van der Waals surface area (Å²) < 4.78 is 6.41. The van der Waals surface area contributed by atoms with Crippen molar-refractivity contribution in [1.82, 2.24) is 25.4 Å². The highest BCUT2D eigenvalue weighted by atomic mass is 16.5. The first-order chi connectivity index (χ1) is 14.1. The topological polar surface area (TPSA) is 103 Å². The maximum absolute atomic E-state index is 13.0. The van der Waals surface area contributed by atoms with Gasteiger partial charge in [0.25, 0.3) is 11.8 Å². The van der Waals surface area contributed by atoms with Crippen LogP contribution >= 0.6 is 0 Å². The second-order valence-electron chi connectivity index (χ2n) is 8.99. The van der Waals surface area contributed by atoms with Crippen molar-refractivity contribution in [2.75, 3.05) is 19.6 Å². The van der Waals surface area contributed by atoms with E-state index in [0.717, 1.165) is 18.5 Å². The Hall–Kier alpha value is -2.61. The van der Waals surface area contributed by atoms with Crippen molar-refractivity contribution in [3.8, 4) is 0 Å². The van der Waals surface area contributed by atoms with Crippen LogP contribution in [-0.4, -0.2) is 63.2 Å². The van der Waals surface area contributed by atoms with Crippen LogP contribution in [0.3, 0.4) is 0 Å². The van der Waals surface area contributed by atoms with Crippen molar-refractivity contribution in [3.05, 3.63) is 41.5 Å². The standard InChI is InChI=1S/C21H25N5O3/c27-19(15-2-1-7-22-15)23-9-13-14-10-26(11-21(14)6-5-18(13)29-21)20(28)17-8-16(24-25-17)12-3-4-12/h1-2,7-8,12-14,18,22H,3-6,9-11H2,(H,23,27)(H,24,25)/t13-,14+,18+,21+/m0/s1. The zero-order chi connectivity index (χ0) is 19.6. The van der Waals surface area contributed by atoms with Crippen LogP contribution in [0, 0.1) is 11.8 Å². The van der Waals surface area contributed by atoms with E-state index in [4.69, 9.17) is 4.74 Å². The van der Waals surface area contributed by atoms with E-state index in [1.54, 1.807) is 12.3 Å². The number of aromatic nitrogens is 3. The lowest BCUT2D eigenvalue weighted by atomic mass is 9.73. The maximum Gasteiger partial charge on any atom is 0.274 e. The molecule has 6 rings (SSSR count). The van der Waals surface area contributed by atoms with Crippen molar-refractivity contribution in [2.45, 2.75) is 43.3 Å². The monoisotopic (exact) mass is 395 g/mol. The average molecular weight is 395 g/mol. The van der Waals surface area contributed by atoms with E-state index in [2.05, 4.69) is 20.5 Å². The molecule has 0 aromatic carbocycles. The van der Waals surface area contributed by atoms with E-state index in [9.17, 15) is 9.59 Å². The number of hydrogen-bond acceptors (Lipinski definition) is 4. The third-order valence-electron chi connectivity index (χ3n) is 7.25. The van der Waals surface area contributed by atoms with Crippen LogP contribution in [0.15, 0.2) is 24.4 Å². The quantitative estimate of drug-likeness (QED) is 0.716. The number of nitrogens with one attached hydrogen (secondary N) is 3. The molecule has 1 spiro atoms. The van der Waals surface area contributed by atoms with E-state index in [-0.39, 0.29) is 35.4 Å². The van der Waals surface area contributed by atoms with Gasteiger partial charge in [-0.25, -0.2) is 0 Å². The molecule has 5 heterocycles. The van der Waals surface area contributed by atoms with E-state index in [1.165, 1.54) is 12.8 Å². The number of aromatic amines is 2. The smallest absolute Gasteiger partial charge is 0.274 e. The molecular weight excluding hydrogens is 370 g/mol. The Balaban J connectivity index is 1.15. The van der Waals surface area contributed by atoms with Crippen molar-refractivity contribution in [3.63, 3.8) is 0 Å². The number of carbonyl (C=O) groups is 2. The van der Waals surface area contributed by atoms with Crippen molar-refractivity contribution >= 4 is 11.8 Å². The Kier molecular flexibility index (Phi) is 3.69. The fourth-order valence-corrected chi connectivity index (χ4v) is 5.61. The summed E-state index contributed by atoms with van der Waals surface area (Å²) in [5, 5.41) is 10.3. The predicted molar refractivity (Wildman–Crippen MR) is 103 cm³/mol. The number of carbonyl (C=O) groups excluding carboxylic acids is 2. The Morgan fingerprint density at radius 3 is 3.03 bits per heavy atom. The van der Waals surface area contributed by atoms with E-state index < -0.39 is 0 Å². The van der Waals surface area contributed by atoms with Gasteiger partial charge < -0.3 is 19.9 Å². The Morgan fingerprint density at radius 2 is 2.24 bits per heavy atom. The number of amides is 2. The average Bonchev–Trinajstić information content (AvgIpc) is 3.23. The molecule has 3 aliphatic heterocycles. The lowest BCUT2D eigenvalue weighted by Gasteiger charge is -2.29. The number of fused-ring (bicyclic) bond motifs is 1. The lowest BCUT2D eigenvalue weighted by Crippen LogP contribution is -2.42. The molecule has 2 aromatic rings. The summed E-state index contributed by atoms with van der Waals surface area (Å²) in [5.74, 6) is 0.935. The molecule has 2 bridgehead atoms. The summed E-state index contributed by atoms with van der Waals surface area (Å²) in [5.41, 5.74) is 1.90. The molecule has 1 saturated carbocycles. The molecule has 3 N–H and O–H groups in total. The number of hydrogen-bond donors (Lipinski definition) is 3. The molecule has 4 fully saturated rings. The first-order valence-electron chi connectivity index (χ1n) is 10.6. The number of H-pyrrole nitrogens is 2. The fourth-order valence-electron chi connectivity index (χ4n) is 5.61. The summed E-state index contributed by atoms with van der Waals surface area (Å²) in [7, 11) is 0. The number of ether oxygens (including phenoxy) is 1. The highest BCUT2D eigenvalue weighted by Crippen LogP contribution is 2.54. The van der Waals surface area contributed by atoms with Gasteiger partial charge in [0.05, 0.1) is 18.2 Å². The van der Waals surface area contributed by atoms with Crippen LogP contribution in [0.4, 0.5) is 0 Å². The van der Waals surface area contributed by atoms with Crippen LogP contribution in [-0.2, 0) is 4.74 Å². The van der Waals surface area contributed by atoms with Crippen LogP contribution < -0.4 is 5.32 Å². The normalized spacial score (nSPS) is 32.6. The fraction of sp³-hybridized carbons (Fsp3) is 0.571. The molecule has 1 aliphatic carbocycles. The van der Waals surface area contributed by atoms with Crippen molar-refractivity contribution in [2.24, 2.45) is 11.8 Å². The molecule has 29 heavy (non-hydrogen) atoms. The molecule has 152 valence electrons. The highest BCUT2D eigenvalue weighted by molar-refractivity contribution is 5.93. The molecule has 2 amide bonds. The second-order valence-corrected chi connectivity index (χ2v) is 8.99. The minimum atomic E-state index is -0.252. The predicted octanol–water partition coefficient (Wildman–Crippen LogP) is 1.66. The van der Waals surface area contributed by atoms with E-state index >= 15 is 0 Å². The zero-order valence-corrected chi connectivity index (χ0v) is 16.2.